The van der Waals surface area contributed by atoms with Gasteiger partial charge in [-0.3, -0.25) is 9.88 Å². The van der Waals surface area contributed by atoms with Crippen molar-refractivity contribution in [3.05, 3.63) is 30.5 Å². The maximum absolute atomic E-state index is 13.9. The number of hydrogen-bond donors (Lipinski definition) is 1. The van der Waals surface area contributed by atoms with Gasteiger partial charge in [0, 0.05) is 19.6 Å². The number of halogens is 6. The predicted molar refractivity (Wildman–Crippen MR) is 151 cm³/mol. The first kappa shape index (κ1) is 34.6. The molecular weight excluding hydrogens is 644 g/mol. The number of piperazine rings is 1. The number of aromatic nitrogens is 4. The monoisotopic (exact) mass is 679 g/mol. The molecule has 0 aromatic carbocycles. The predicted octanol–water partition coefficient (Wildman–Crippen LogP) is 4.05. The van der Waals surface area contributed by atoms with Gasteiger partial charge < -0.3 is 33.9 Å². The highest BCUT2D eigenvalue weighted by atomic mass is 19.4. The van der Waals surface area contributed by atoms with Crippen LogP contribution in [-0.4, -0.2) is 112 Å². The molecule has 3 saturated heterocycles. The highest BCUT2D eigenvalue weighted by Gasteiger charge is 2.53. The average Bonchev–Trinajstić information content (AvgIpc) is 3.30. The largest absolute Gasteiger partial charge is 0.474 e. The minimum Gasteiger partial charge on any atom is -0.474 e. The first-order valence-corrected chi connectivity index (χ1v) is 14.7. The molecule has 2 aromatic rings. The SMILES string of the molecule is CC(C)(C)OC(=O)N1CCN(c2cnc(OC[C@H]3OC[C@H](Nc4cncc(C(F)(F)F)n4)[C@H]4OC(C)(C)O[C@H]43)cn2)CC1C(F)(F)F. The standard InChI is InChI=1S/C28H35F6N7O6/c1-25(2,3)47-24(42)41-7-6-40(12-18(41)28(32,33)34)20-10-37-21(11-36-20)44-14-16-23-22(45-26(4,5)46-23)15(13-43-16)38-19-9-35-8-17(39-19)27(29,30)31/h8-11,15-16,18,22-23H,6-7,12-14H2,1-5H3,(H,38,39)/t15-,16+,18?,22+,23-/m0/s1. The maximum Gasteiger partial charge on any atom is 0.434 e. The second-order valence-electron chi connectivity index (χ2n) is 12.7. The Kier molecular flexibility index (Phi) is 9.37. The van der Waals surface area contributed by atoms with Crippen molar-refractivity contribution in [3.63, 3.8) is 0 Å². The van der Waals surface area contributed by atoms with E-state index in [9.17, 15) is 31.1 Å². The van der Waals surface area contributed by atoms with Crippen molar-refractivity contribution in [2.24, 2.45) is 0 Å². The van der Waals surface area contributed by atoms with Crippen molar-refractivity contribution in [1.82, 2.24) is 24.8 Å². The number of nitrogens with zero attached hydrogens (tertiary/aromatic N) is 6. The number of hydrogen-bond acceptors (Lipinski definition) is 12. The van der Waals surface area contributed by atoms with E-state index in [0.717, 1.165) is 6.20 Å². The zero-order valence-corrected chi connectivity index (χ0v) is 26.1. The molecule has 0 radical (unpaired) electrons. The Morgan fingerprint density at radius 3 is 2.38 bits per heavy atom. The van der Waals surface area contributed by atoms with Gasteiger partial charge in [-0.05, 0) is 34.6 Å². The van der Waals surface area contributed by atoms with Crippen LogP contribution < -0.4 is 15.0 Å². The number of fused-ring (bicyclic) bond motifs is 1. The van der Waals surface area contributed by atoms with Crippen LogP contribution in [0.3, 0.4) is 0 Å². The van der Waals surface area contributed by atoms with E-state index in [1.807, 2.05) is 0 Å². The number of carbonyl (C=O) groups excluding carboxylic acids is 1. The number of rotatable bonds is 6. The Hall–Kier alpha value is -3.71. The van der Waals surface area contributed by atoms with Gasteiger partial charge in [-0.2, -0.15) is 26.3 Å². The second kappa shape index (κ2) is 12.7. The number of amides is 1. The molecule has 5 atom stereocenters. The van der Waals surface area contributed by atoms with Gasteiger partial charge in [0.05, 0.1) is 37.4 Å². The molecular formula is C28H35F6N7O6. The molecule has 19 heteroatoms. The number of ether oxygens (including phenoxy) is 5. The lowest BCUT2D eigenvalue weighted by Gasteiger charge is -2.42. The zero-order valence-electron chi connectivity index (χ0n) is 26.1. The summed E-state index contributed by atoms with van der Waals surface area (Å²) in [7, 11) is 0. The first-order valence-electron chi connectivity index (χ1n) is 14.7. The van der Waals surface area contributed by atoms with Gasteiger partial charge in [0.2, 0.25) is 5.88 Å². The van der Waals surface area contributed by atoms with Crippen LogP contribution in [0.4, 0.5) is 42.8 Å². The fraction of sp³-hybridized carbons (Fsp3) is 0.679. The number of alkyl halides is 6. The topological polar surface area (TPSA) is 133 Å². The quantitative estimate of drug-likeness (QED) is 0.442. The van der Waals surface area contributed by atoms with Crippen molar-refractivity contribution in [1.29, 1.82) is 0 Å². The van der Waals surface area contributed by atoms with E-state index in [0.29, 0.717) is 11.1 Å². The summed E-state index contributed by atoms with van der Waals surface area (Å²) in [6.07, 6.45) is -8.14. The van der Waals surface area contributed by atoms with Crippen LogP contribution in [0, 0.1) is 0 Å². The fourth-order valence-electron chi connectivity index (χ4n) is 5.39. The maximum atomic E-state index is 13.9. The second-order valence-corrected chi connectivity index (χ2v) is 12.7. The van der Waals surface area contributed by atoms with Gasteiger partial charge >= 0.3 is 18.4 Å². The third kappa shape index (κ3) is 8.42. The minimum atomic E-state index is -4.71. The molecule has 1 N–H and O–H groups in total. The molecule has 0 bridgehead atoms. The summed E-state index contributed by atoms with van der Waals surface area (Å²) in [4.78, 5) is 30.1. The smallest absolute Gasteiger partial charge is 0.434 e. The Morgan fingerprint density at radius 2 is 1.74 bits per heavy atom. The molecule has 0 spiro atoms. The molecule has 3 aliphatic heterocycles. The molecule has 3 fully saturated rings. The van der Waals surface area contributed by atoms with Gasteiger partial charge in [0.25, 0.3) is 0 Å². The van der Waals surface area contributed by atoms with Crippen molar-refractivity contribution in [2.45, 2.75) is 88.8 Å². The van der Waals surface area contributed by atoms with E-state index in [4.69, 9.17) is 23.7 Å². The van der Waals surface area contributed by atoms with Crippen LogP contribution in [-0.2, 0) is 25.1 Å². The van der Waals surface area contributed by atoms with E-state index >= 15 is 0 Å². The van der Waals surface area contributed by atoms with E-state index < -0.39 is 72.5 Å². The van der Waals surface area contributed by atoms with Crippen molar-refractivity contribution in [3.8, 4) is 5.88 Å². The molecule has 0 saturated carbocycles. The van der Waals surface area contributed by atoms with Crippen molar-refractivity contribution in [2.75, 3.05) is 43.1 Å². The van der Waals surface area contributed by atoms with Crippen LogP contribution in [0.1, 0.15) is 40.3 Å². The van der Waals surface area contributed by atoms with Gasteiger partial charge in [0.15, 0.2) is 11.5 Å². The molecule has 1 unspecified atom stereocenters. The molecule has 0 aliphatic carbocycles. The Balaban J connectivity index is 1.20. The van der Waals surface area contributed by atoms with Gasteiger partial charge in [-0.25, -0.2) is 19.7 Å². The molecule has 47 heavy (non-hydrogen) atoms. The number of carbonyl (C=O) groups is 1. The number of anilines is 2. The summed E-state index contributed by atoms with van der Waals surface area (Å²) >= 11 is 0. The van der Waals surface area contributed by atoms with Crippen LogP contribution in [0.25, 0.3) is 0 Å². The summed E-state index contributed by atoms with van der Waals surface area (Å²) in [6, 6.07) is -2.75. The number of nitrogens with one attached hydrogen (secondary N) is 1. The molecule has 5 rings (SSSR count). The van der Waals surface area contributed by atoms with Gasteiger partial charge in [-0.1, -0.05) is 0 Å². The molecule has 13 nitrogen and oxygen atoms in total. The highest BCUT2D eigenvalue weighted by Crippen LogP contribution is 2.37. The lowest BCUT2D eigenvalue weighted by atomic mass is 9.98. The zero-order chi connectivity index (χ0) is 34.4. The summed E-state index contributed by atoms with van der Waals surface area (Å²) in [5, 5.41) is 2.89. The Labute approximate surface area is 265 Å². The highest BCUT2D eigenvalue weighted by molar-refractivity contribution is 5.69. The molecule has 260 valence electrons. The van der Waals surface area contributed by atoms with Gasteiger partial charge in [-0.15, -0.1) is 0 Å². The summed E-state index contributed by atoms with van der Waals surface area (Å²) in [6.45, 7) is 7.29. The lowest BCUT2D eigenvalue weighted by molar-refractivity contribution is -0.181. The van der Waals surface area contributed by atoms with Crippen molar-refractivity contribution < 1.29 is 54.8 Å². The van der Waals surface area contributed by atoms with E-state index in [1.165, 1.54) is 17.3 Å². The van der Waals surface area contributed by atoms with Crippen LogP contribution in [0.2, 0.25) is 0 Å². The van der Waals surface area contributed by atoms with E-state index in [2.05, 4.69) is 25.3 Å². The Morgan fingerprint density at radius 1 is 1.02 bits per heavy atom. The van der Waals surface area contributed by atoms with Crippen molar-refractivity contribution >= 4 is 17.7 Å². The Bertz CT molecular complexity index is 1410. The lowest BCUT2D eigenvalue weighted by Crippen LogP contribution is -2.61. The summed E-state index contributed by atoms with van der Waals surface area (Å²) in [5.74, 6) is -0.931. The fourth-order valence-corrected chi connectivity index (χ4v) is 5.39. The van der Waals surface area contributed by atoms with E-state index in [1.54, 1.807) is 34.6 Å². The molecule has 2 aromatic heterocycles. The normalized spacial score (nSPS) is 26.5. The summed E-state index contributed by atoms with van der Waals surface area (Å²) in [5.41, 5.74) is -2.11. The average molecular weight is 680 g/mol. The van der Waals surface area contributed by atoms with Crippen LogP contribution in [0.15, 0.2) is 24.8 Å². The van der Waals surface area contributed by atoms with Crippen LogP contribution >= 0.6 is 0 Å². The van der Waals surface area contributed by atoms with Gasteiger partial charge in [0.1, 0.15) is 48.2 Å². The molecule has 3 aliphatic rings. The molecule has 5 heterocycles. The van der Waals surface area contributed by atoms with Crippen LogP contribution in [0.5, 0.6) is 5.88 Å². The first-order chi connectivity index (χ1) is 21.8. The molecule has 1 amide bonds. The summed E-state index contributed by atoms with van der Waals surface area (Å²) < 4.78 is 110. The third-order valence-electron chi connectivity index (χ3n) is 7.39. The third-order valence-corrected chi connectivity index (χ3v) is 7.39. The minimum absolute atomic E-state index is 0.00677. The van der Waals surface area contributed by atoms with E-state index in [-0.39, 0.29) is 43.8 Å².